The molecule has 0 spiro atoms. The van der Waals surface area contributed by atoms with E-state index in [1.807, 2.05) is 6.92 Å². The summed E-state index contributed by atoms with van der Waals surface area (Å²) in [4.78, 5) is 21.7. The van der Waals surface area contributed by atoms with Crippen molar-refractivity contribution >= 4 is 11.6 Å². The summed E-state index contributed by atoms with van der Waals surface area (Å²) >= 11 is 0. The van der Waals surface area contributed by atoms with Crippen LogP contribution in [0.2, 0.25) is 0 Å². The van der Waals surface area contributed by atoms with Crippen molar-refractivity contribution in [2.45, 2.75) is 45.4 Å². The van der Waals surface area contributed by atoms with Gasteiger partial charge in [-0.25, -0.2) is 0 Å². The standard InChI is InChI=1S/C11H18N4O4/c1-4-9(11(2,3)17)13-10(16)7-14-6-8(5-12-14)15(18)19/h5-6,9,17H,4,7H2,1-3H3,(H,13,16)/t9-/m1/s1. The minimum atomic E-state index is -1.03. The van der Waals surface area contributed by atoms with Gasteiger partial charge in [-0.2, -0.15) is 5.10 Å². The number of nitrogens with zero attached hydrogens (tertiary/aromatic N) is 3. The molecule has 2 N–H and O–H groups in total. The molecule has 0 unspecified atom stereocenters. The number of aliphatic hydroxyl groups is 1. The fourth-order valence-corrected chi connectivity index (χ4v) is 1.70. The molecule has 1 rings (SSSR count). The number of aromatic nitrogens is 2. The number of rotatable bonds is 6. The van der Waals surface area contributed by atoms with Crippen molar-refractivity contribution in [3.63, 3.8) is 0 Å². The van der Waals surface area contributed by atoms with Crippen LogP contribution in [0.5, 0.6) is 0 Å². The Labute approximate surface area is 110 Å². The summed E-state index contributed by atoms with van der Waals surface area (Å²) in [6.07, 6.45) is 2.85. The number of nitrogens with one attached hydrogen (secondary N) is 1. The van der Waals surface area contributed by atoms with E-state index in [0.29, 0.717) is 6.42 Å². The van der Waals surface area contributed by atoms with Gasteiger partial charge in [-0.05, 0) is 20.3 Å². The van der Waals surface area contributed by atoms with Gasteiger partial charge in [0.25, 0.3) is 0 Å². The first-order valence-electron chi connectivity index (χ1n) is 5.92. The third-order valence-electron chi connectivity index (χ3n) is 2.73. The van der Waals surface area contributed by atoms with Gasteiger partial charge < -0.3 is 10.4 Å². The van der Waals surface area contributed by atoms with E-state index in [9.17, 15) is 20.0 Å². The average molecular weight is 270 g/mol. The van der Waals surface area contributed by atoms with Gasteiger partial charge in [-0.15, -0.1) is 0 Å². The largest absolute Gasteiger partial charge is 0.388 e. The Morgan fingerprint density at radius 3 is 2.74 bits per heavy atom. The predicted octanol–water partition coefficient (Wildman–Crippen LogP) is 0.457. The summed E-state index contributed by atoms with van der Waals surface area (Å²) in [6, 6.07) is -0.384. The maximum atomic E-state index is 11.8. The van der Waals surface area contributed by atoms with Crippen molar-refractivity contribution in [1.82, 2.24) is 15.1 Å². The molecule has 8 nitrogen and oxygen atoms in total. The number of hydrogen-bond donors (Lipinski definition) is 2. The van der Waals surface area contributed by atoms with E-state index in [2.05, 4.69) is 10.4 Å². The van der Waals surface area contributed by atoms with Crippen molar-refractivity contribution < 1.29 is 14.8 Å². The van der Waals surface area contributed by atoms with Crippen LogP contribution >= 0.6 is 0 Å². The van der Waals surface area contributed by atoms with Crippen LogP contribution < -0.4 is 5.32 Å². The lowest BCUT2D eigenvalue weighted by Crippen LogP contribution is -2.49. The lowest BCUT2D eigenvalue weighted by atomic mass is 9.96. The highest BCUT2D eigenvalue weighted by atomic mass is 16.6. The van der Waals surface area contributed by atoms with E-state index in [1.54, 1.807) is 13.8 Å². The Bertz CT molecular complexity index is 464. The second-order valence-corrected chi connectivity index (χ2v) is 4.84. The van der Waals surface area contributed by atoms with Crippen molar-refractivity contribution in [3.05, 3.63) is 22.5 Å². The van der Waals surface area contributed by atoms with Crippen LogP contribution in [0.25, 0.3) is 0 Å². The minimum Gasteiger partial charge on any atom is -0.388 e. The third kappa shape index (κ3) is 4.32. The van der Waals surface area contributed by atoms with Crippen LogP contribution in [0.3, 0.4) is 0 Å². The Morgan fingerprint density at radius 2 is 2.32 bits per heavy atom. The number of hydrogen-bond acceptors (Lipinski definition) is 5. The highest BCUT2D eigenvalue weighted by molar-refractivity contribution is 5.76. The molecule has 0 aliphatic carbocycles. The molecule has 0 aliphatic heterocycles. The molecule has 0 aliphatic rings. The molecule has 1 aromatic rings. The van der Waals surface area contributed by atoms with Gasteiger partial charge >= 0.3 is 5.69 Å². The van der Waals surface area contributed by atoms with Crippen LogP contribution in [0.1, 0.15) is 27.2 Å². The quantitative estimate of drug-likeness (QED) is 0.576. The summed E-state index contributed by atoms with van der Waals surface area (Å²) in [5.41, 5.74) is -1.19. The molecular formula is C11H18N4O4. The first-order valence-corrected chi connectivity index (χ1v) is 5.92. The van der Waals surface area contributed by atoms with Crippen LogP contribution in [-0.4, -0.2) is 37.4 Å². The SMILES string of the molecule is CC[C@@H](NC(=O)Cn1cc([N+](=O)[O-])cn1)C(C)(C)O. The van der Waals surface area contributed by atoms with E-state index in [-0.39, 0.29) is 24.2 Å². The van der Waals surface area contributed by atoms with Gasteiger partial charge in [-0.3, -0.25) is 19.6 Å². The molecule has 0 bridgehead atoms. The van der Waals surface area contributed by atoms with Crippen LogP contribution in [0, 0.1) is 10.1 Å². The zero-order valence-corrected chi connectivity index (χ0v) is 11.2. The number of nitro groups is 1. The molecule has 0 saturated heterocycles. The smallest absolute Gasteiger partial charge is 0.307 e. The monoisotopic (exact) mass is 270 g/mol. The first kappa shape index (κ1) is 15.1. The second-order valence-electron chi connectivity index (χ2n) is 4.84. The maximum Gasteiger partial charge on any atom is 0.307 e. The van der Waals surface area contributed by atoms with Crippen molar-refractivity contribution in [2.24, 2.45) is 0 Å². The first-order chi connectivity index (χ1) is 8.74. The highest BCUT2D eigenvalue weighted by Gasteiger charge is 2.26. The van der Waals surface area contributed by atoms with Gasteiger partial charge in [0, 0.05) is 0 Å². The molecule has 1 heterocycles. The highest BCUT2D eigenvalue weighted by Crippen LogP contribution is 2.12. The molecular weight excluding hydrogens is 252 g/mol. The lowest BCUT2D eigenvalue weighted by molar-refractivity contribution is -0.385. The topological polar surface area (TPSA) is 110 Å². The fourth-order valence-electron chi connectivity index (χ4n) is 1.70. The molecule has 1 atom stereocenters. The maximum absolute atomic E-state index is 11.8. The van der Waals surface area contributed by atoms with Crippen LogP contribution in [0.15, 0.2) is 12.4 Å². The molecule has 0 fully saturated rings. The van der Waals surface area contributed by atoms with E-state index in [4.69, 9.17) is 0 Å². The molecule has 19 heavy (non-hydrogen) atoms. The Kier molecular flexibility index (Phi) is 4.60. The molecule has 1 aromatic heterocycles. The summed E-state index contributed by atoms with van der Waals surface area (Å²) in [5, 5.41) is 26.7. The lowest BCUT2D eigenvalue weighted by Gasteiger charge is -2.29. The molecule has 0 aromatic carbocycles. The van der Waals surface area contributed by atoms with Gasteiger partial charge in [-0.1, -0.05) is 6.92 Å². The summed E-state index contributed by atoms with van der Waals surface area (Å²) < 4.78 is 1.19. The Balaban J connectivity index is 2.61. The van der Waals surface area contributed by atoms with Gasteiger partial charge in [0.15, 0.2) is 0 Å². The average Bonchev–Trinajstić information content (AvgIpc) is 2.72. The zero-order valence-electron chi connectivity index (χ0n) is 11.2. The molecule has 1 amide bonds. The summed E-state index contributed by atoms with van der Waals surface area (Å²) in [6.45, 7) is 4.95. The van der Waals surface area contributed by atoms with E-state index in [1.165, 1.54) is 10.9 Å². The molecule has 8 heteroatoms. The second kappa shape index (κ2) is 5.79. The van der Waals surface area contributed by atoms with E-state index >= 15 is 0 Å². The molecule has 0 radical (unpaired) electrons. The summed E-state index contributed by atoms with van der Waals surface area (Å²) in [7, 11) is 0. The number of amides is 1. The van der Waals surface area contributed by atoms with E-state index in [0.717, 1.165) is 6.20 Å². The third-order valence-corrected chi connectivity index (χ3v) is 2.73. The van der Waals surface area contributed by atoms with Crippen LogP contribution in [-0.2, 0) is 11.3 Å². The van der Waals surface area contributed by atoms with Crippen molar-refractivity contribution in [3.8, 4) is 0 Å². The van der Waals surface area contributed by atoms with Gasteiger partial charge in [0.1, 0.15) is 18.9 Å². The molecule has 0 saturated carbocycles. The zero-order chi connectivity index (χ0) is 14.6. The fraction of sp³-hybridized carbons (Fsp3) is 0.636. The Morgan fingerprint density at radius 1 is 1.68 bits per heavy atom. The van der Waals surface area contributed by atoms with E-state index < -0.39 is 10.5 Å². The van der Waals surface area contributed by atoms with Crippen LogP contribution in [0.4, 0.5) is 5.69 Å². The van der Waals surface area contributed by atoms with Crippen molar-refractivity contribution in [2.75, 3.05) is 0 Å². The van der Waals surface area contributed by atoms with Crippen molar-refractivity contribution in [1.29, 1.82) is 0 Å². The Hall–Kier alpha value is -1.96. The number of carbonyl (C=O) groups excluding carboxylic acids is 1. The summed E-state index contributed by atoms with van der Waals surface area (Å²) in [5.74, 6) is -0.355. The number of carbonyl (C=O) groups is 1. The minimum absolute atomic E-state index is 0.125. The van der Waals surface area contributed by atoms with Gasteiger partial charge in [0.05, 0.1) is 16.6 Å². The predicted molar refractivity (Wildman–Crippen MR) is 67.4 cm³/mol. The molecule has 106 valence electrons. The normalized spacial score (nSPS) is 13.1. The van der Waals surface area contributed by atoms with Gasteiger partial charge in [0.2, 0.25) is 5.91 Å².